The molecule has 44 heavy (non-hydrogen) atoms. The van der Waals surface area contributed by atoms with E-state index in [2.05, 4.69) is 4.99 Å². The molecule has 0 bridgehead atoms. The monoisotopic (exact) mass is 616 g/mol. The second-order valence-corrected chi connectivity index (χ2v) is 13.7. The summed E-state index contributed by atoms with van der Waals surface area (Å²) >= 11 is 0. The van der Waals surface area contributed by atoms with Crippen LogP contribution >= 0.6 is 0 Å². The van der Waals surface area contributed by atoms with E-state index in [1.807, 2.05) is 17.6 Å². The minimum Gasteiger partial charge on any atom is -0.440 e. The van der Waals surface area contributed by atoms with Crippen molar-refractivity contribution in [3.8, 4) is 0 Å². The number of carbonyl (C=O) groups excluding carboxylic acids is 3. The third kappa shape index (κ3) is 5.14. The first-order valence-electron chi connectivity index (χ1n) is 15.8. The van der Waals surface area contributed by atoms with E-state index >= 15 is 4.39 Å². The van der Waals surface area contributed by atoms with Crippen molar-refractivity contribution in [1.29, 1.82) is 0 Å². The highest BCUT2D eigenvalue weighted by molar-refractivity contribution is 6.06. The molecule has 9 atom stereocenters. The Balaban J connectivity index is 1.25. The van der Waals surface area contributed by atoms with E-state index in [4.69, 9.17) is 9.57 Å². The molecule has 1 unspecified atom stereocenters. The fraction of sp³-hybridized carbons (Fsp3) is 0.697. The van der Waals surface area contributed by atoms with Crippen LogP contribution in [0.25, 0.3) is 0 Å². The Hall–Kier alpha value is -2.89. The maximum atomic E-state index is 17.5. The van der Waals surface area contributed by atoms with Crippen LogP contribution < -0.4 is 5.48 Å². The van der Waals surface area contributed by atoms with Crippen LogP contribution in [-0.4, -0.2) is 75.5 Å². The van der Waals surface area contributed by atoms with Crippen LogP contribution in [0.4, 0.5) is 9.18 Å². The van der Waals surface area contributed by atoms with E-state index in [-0.39, 0.29) is 25.0 Å². The number of nitrogens with zero attached hydrogens (tertiary/aromatic N) is 1. The molecule has 10 nitrogen and oxygen atoms in total. The number of hydrogen-bond donors (Lipinski definition) is 4. The van der Waals surface area contributed by atoms with Crippen LogP contribution in [-0.2, 0) is 19.2 Å². The lowest BCUT2D eigenvalue weighted by molar-refractivity contribution is -0.219. The molecule has 0 spiro atoms. The third-order valence-corrected chi connectivity index (χ3v) is 11.4. The van der Waals surface area contributed by atoms with Crippen molar-refractivity contribution in [2.24, 2.45) is 33.6 Å². The van der Waals surface area contributed by atoms with Crippen LogP contribution in [0.2, 0.25) is 0 Å². The average molecular weight is 617 g/mol. The quantitative estimate of drug-likeness (QED) is 0.268. The smallest absolute Gasteiger partial charge is 0.440 e. The number of aliphatic hydroxyl groups is 3. The number of alkyl halides is 1. The first-order chi connectivity index (χ1) is 20.8. The number of hydroxylamine groups is 1. The first-order valence-corrected chi connectivity index (χ1v) is 15.8. The number of halogens is 1. The van der Waals surface area contributed by atoms with Crippen molar-refractivity contribution >= 4 is 23.6 Å². The predicted molar refractivity (Wildman–Crippen MR) is 159 cm³/mol. The molecule has 3 fully saturated rings. The van der Waals surface area contributed by atoms with Crippen molar-refractivity contribution in [1.82, 2.24) is 5.48 Å². The normalized spacial score (nSPS) is 42.9. The summed E-state index contributed by atoms with van der Waals surface area (Å²) in [5.74, 6) is -2.97. The standard InChI is InChI=1S/C33H45FN2O8/c1-20-15-25-24-12-11-21-16-22(35-18-28(40)44-36-29(41)43-23-9-7-5-4-6-8-10-23)13-14-30(21,2)32(24,34)26(38)17-31(25,3)33(20,42)27(39)19-37/h7,9,13-14,16,20,23-26,37-38,42H,4-6,8,10-12,15,17-19H2,1-3H3,(H,36,41)/b9-7+,35-22?/t20-,23?,24+,25+,26+,30+,31+,32+,33+/m1/s1. The number of carbonyl (C=O) groups is 3. The van der Waals surface area contributed by atoms with Gasteiger partial charge in [-0.15, -0.1) is 5.48 Å². The number of Topliss-reactive ketones (excluding diaryl/α,β-unsaturated/α-hetero) is 1. The number of nitrogens with one attached hydrogen (secondary N) is 1. The summed E-state index contributed by atoms with van der Waals surface area (Å²) in [6.45, 7) is 4.05. The highest BCUT2D eigenvalue weighted by atomic mass is 19.1. The number of ether oxygens (including phenoxy) is 1. The van der Waals surface area contributed by atoms with E-state index in [0.29, 0.717) is 31.4 Å². The maximum Gasteiger partial charge on any atom is 0.441 e. The largest absolute Gasteiger partial charge is 0.441 e. The topological polar surface area (TPSA) is 155 Å². The number of rotatable bonds is 5. The van der Waals surface area contributed by atoms with Crippen molar-refractivity contribution < 1.29 is 43.7 Å². The highest BCUT2D eigenvalue weighted by Crippen LogP contribution is 2.70. The minimum absolute atomic E-state index is 0.118. The summed E-state index contributed by atoms with van der Waals surface area (Å²) in [6, 6.07) is 0. The lowest BCUT2D eigenvalue weighted by Gasteiger charge is -2.62. The lowest BCUT2D eigenvalue weighted by atomic mass is 9.44. The Morgan fingerprint density at radius 2 is 1.93 bits per heavy atom. The zero-order chi connectivity index (χ0) is 31.9. The molecular weight excluding hydrogens is 571 g/mol. The highest BCUT2D eigenvalue weighted by Gasteiger charge is 2.75. The van der Waals surface area contributed by atoms with Crippen molar-refractivity contribution in [3.63, 3.8) is 0 Å². The Morgan fingerprint density at radius 1 is 1.16 bits per heavy atom. The van der Waals surface area contributed by atoms with Gasteiger partial charge in [0, 0.05) is 16.7 Å². The molecule has 11 heteroatoms. The molecule has 4 N–H and O–H groups in total. The fourth-order valence-corrected chi connectivity index (χ4v) is 9.04. The molecule has 0 aliphatic heterocycles. The van der Waals surface area contributed by atoms with Gasteiger partial charge in [0.05, 0.1) is 11.8 Å². The number of aliphatic imine (C=N–C) groups is 1. The molecular formula is C33H45FN2O8. The van der Waals surface area contributed by atoms with Crippen molar-refractivity contribution in [3.05, 3.63) is 36.0 Å². The number of hydrogen-bond acceptors (Lipinski definition) is 9. The molecule has 0 aromatic heterocycles. The molecule has 5 rings (SSSR count). The molecule has 3 saturated carbocycles. The van der Waals surface area contributed by atoms with Crippen LogP contribution in [0.15, 0.2) is 40.9 Å². The van der Waals surface area contributed by atoms with Gasteiger partial charge in [-0.1, -0.05) is 38.0 Å². The van der Waals surface area contributed by atoms with E-state index in [1.54, 1.807) is 39.0 Å². The number of allylic oxidation sites excluding steroid dienone is 5. The SMILES string of the molecule is C[C@@H]1C[C@H]2[C@@H]3CCC4=CC(=NCC(=O)ONC(=O)OC5/C=C/CCCCC5)C=C[C@]4(C)[C@@]3(F)[C@@H](O)C[C@]2(C)[C@@]1(O)C(=O)CO. The van der Waals surface area contributed by atoms with Gasteiger partial charge in [0.15, 0.2) is 11.5 Å². The summed E-state index contributed by atoms with van der Waals surface area (Å²) in [6.07, 6.45) is 12.1. The Morgan fingerprint density at radius 3 is 2.68 bits per heavy atom. The Labute approximate surface area is 257 Å². The summed E-state index contributed by atoms with van der Waals surface area (Å²) in [7, 11) is 0. The second kappa shape index (κ2) is 12.1. The fourth-order valence-electron chi connectivity index (χ4n) is 9.04. The molecule has 0 aromatic rings. The second-order valence-electron chi connectivity index (χ2n) is 13.7. The van der Waals surface area contributed by atoms with Crippen molar-refractivity contribution in [2.75, 3.05) is 13.2 Å². The zero-order valence-electron chi connectivity index (χ0n) is 25.8. The first kappa shape index (κ1) is 32.5. The lowest BCUT2D eigenvalue weighted by Crippen LogP contribution is -2.69. The summed E-state index contributed by atoms with van der Waals surface area (Å²) in [5, 5.41) is 32.7. The van der Waals surface area contributed by atoms with E-state index < -0.39 is 64.5 Å². The Bertz CT molecular complexity index is 1300. The molecule has 242 valence electrons. The van der Waals surface area contributed by atoms with Crippen LogP contribution in [0.5, 0.6) is 0 Å². The zero-order valence-corrected chi connectivity index (χ0v) is 25.8. The molecule has 5 aliphatic carbocycles. The van der Waals surface area contributed by atoms with Crippen molar-refractivity contribution in [2.45, 2.75) is 102 Å². The van der Waals surface area contributed by atoms with Crippen LogP contribution in [0, 0.1) is 28.6 Å². The molecule has 1 amide bonds. The molecule has 0 heterocycles. The van der Waals surface area contributed by atoms with Crippen LogP contribution in [0.1, 0.15) is 78.6 Å². The number of fused-ring (bicyclic) bond motifs is 5. The summed E-state index contributed by atoms with van der Waals surface area (Å²) in [4.78, 5) is 46.3. The number of ketones is 1. The van der Waals surface area contributed by atoms with Gasteiger partial charge in [0.25, 0.3) is 0 Å². The van der Waals surface area contributed by atoms with Gasteiger partial charge in [0.1, 0.15) is 24.9 Å². The Kier molecular flexibility index (Phi) is 8.96. The molecule has 0 radical (unpaired) electrons. The summed E-state index contributed by atoms with van der Waals surface area (Å²) < 4.78 is 22.8. The van der Waals surface area contributed by atoms with E-state index in [1.165, 1.54) is 0 Å². The van der Waals surface area contributed by atoms with Gasteiger partial charge >= 0.3 is 12.1 Å². The van der Waals surface area contributed by atoms with Gasteiger partial charge in [-0.2, -0.15) is 0 Å². The van der Waals surface area contributed by atoms with Gasteiger partial charge in [-0.05, 0) is 88.4 Å². The predicted octanol–water partition coefficient (Wildman–Crippen LogP) is 3.84. The van der Waals surface area contributed by atoms with Gasteiger partial charge in [-0.25, -0.2) is 14.0 Å². The average Bonchev–Trinajstić information content (AvgIpc) is 3.17. The van der Waals surface area contributed by atoms with Gasteiger partial charge in [0.2, 0.25) is 0 Å². The molecule has 0 aromatic carbocycles. The van der Waals surface area contributed by atoms with Gasteiger partial charge < -0.3 is 24.9 Å². The number of aliphatic hydroxyl groups excluding tert-OH is 2. The van der Waals surface area contributed by atoms with E-state index in [9.17, 15) is 29.7 Å². The van der Waals surface area contributed by atoms with Gasteiger partial charge in [-0.3, -0.25) is 9.79 Å². The maximum absolute atomic E-state index is 17.5. The third-order valence-electron chi connectivity index (χ3n) is 11.4. The molecule has 0 saturated heterocycles. The molecule has 5 aliphatic rings. The minimum atomic E-state index is -2.06. The van der Waals surface area contributed by atoms with Crippen LogP contribution in [0.3, 0.4) is 0 Å². The van der Waals surface area contributed by atoms with E-state index in [0.717, 1.165) is 31.3 Å². The summed E-state index contributed by atoms with van der Waals surface area (Å²) in [5.41, 5.74) is -2.99. The number of amides is 1.